The third kappa shape index (κ3) is 7.72. The highest BCUT2D eigenvalue weighted by Gasteiger charge is 2.78. The van der Waals surface area contributed by atoms with E-state index >= 15 is 9.59 Å². The number of amides is 3. The molecule has 3 aliphatic heterocycles. The van der Waals surface area contributed by atoms with E-state index in [2.05, 4.69) is 34.4 Å². The monoisotopic (exact) mass is 827 g/mol. The quantitative estimate of drug-likeness (QED) is 0.101. The lowest BCUT2D eigenvalue weighted by Gasteiger charge is -2.39. The van der Waals surface area contributed by atoms with Crippen LogP contribution in [-0.2, 0) is 33.4 Å². The van der Waals surface area contributed by atoms with E-state index in [0.717, 1.165) is 11.1 Å². The van der Waals surface area contributed by atoms with Crippen molar-refractivity contribution in [3.63, 3.8) is 0 Å². The van der Waals surface area contributed by atoms with Crippen LogP contribution >= 0.6 is 15.9 Å². The van der Waals surface area contributed by atoms with E-state index in [1.54, 1.807) is 41.3 Å². The fourth-order valence-corrected chi connectivity index (χ4v) is 9.64. The molecule has 0 radical (unpaired) electrons. The maximum Gasteiger partial charge on any atom is 0.313 e. The van der Waals surface area contributed by atoms with Gasteiger partial charge in [-0.15, -0.1) is 13.2 Å². The van der Waals surface area contributed by atoms with E-state index in [0.29, 0.717) is 23.2 Å². The van der Waals surface area contributed by atoms with Crippen molar-refractivity contribution in [3.05, 3.63) is 126 Å². The number of benzene rings is 3. The molecule has 6 rings (SSSR count). The number of aryl methyl sites for hydroxylation is 2. The molecule has 2 bridgehead atoms. The number of esters is 1. The van der Waals surface area contributed by atoms with Crippen molar-refractivity contribution in [2.75, 3.05) is 31.8 Å². The molecule has 3 aliphatic rings. The molecule has 0 aliphatic carbocycles. The molecule has 3 heterocycles. The fourth-order valence-electron chi connectivity index (χ4n) is 8.70. The van der Waals surface area contributed by atoms with Crippen LogP contribution in [0.1, 0.15) is 53.7 Å². The normalized spacial score (nSPS) is 25.2. The number of carbonyl (C=O) groups excluding carboxylic acids is 4. The summed E-state index contributed by atoms with van der Waals surface area (Å²) in [6.45, 7) is 11.2. The summed E-state index contributed by atoms with van der Waals surface area (Å²) in [5.41, 5.74) is 2.24. The number of nitrogens with one attached hydrogen (secondary N) is 1. The third-order valence-electron chi connectivity index (χ3n) is 11.2. The molecule has 11 nitrogen and oxygen atoms in total. The Bertz CT molecular complexity index is 1930. The van der Waals surface area contributed by atoms with Crippen LogP contribution in [0.5, 0.6) is 0 Å². The van der Waals surface area contributed by atoms with Gasteiger partial charge in [-0.05, 0) is 55.0 Å². The summed E-state index contributed by atoms with van der Waals surface area (Å²) in [5, 5.41) is 14.0. The van der Waals surface area contributed by atoms with Gasteiger partial charge in [0.15, 0.2) is 0 Å². The van der Waals surface area contributed by atoms with Crippen LogP contribution in [0.3, 0.4) is 0 Å². The number of methoxy groups -OCH3 is 1. The SMILES string of the molecule is C=CCCC(=O)N[C@H](COC)[C@H](OC(=O)[C@@H]1[C@H]2O[C@@]3(CC2Br)[C@H](C(=O)N(CC=C)c2cc(C)ccc2C)N([C@H](CO)c2ccccc2)C(=O)[C@@H]13)c1ccccc1. The predicted octanol–water partition coefficient (Wildman–Crippen LogP) is 5.69. The second-order valence-electron chi connectivity index (χ2n) is 14.8. The van der Waals surface area contributed by atoms with Gasteiger partial charge in [-0.3, -0.25) is 19.2 Å². The van der Waals surface area contributed by atoms with E-state index in [9.17, 15) is 14.7 Å². The van der Waals surface area contributed by atoms with Crippen LogP contribution in [0, 0.1) is 25.7 Å². The first-order valence-corrected chi connectivity index (χ1v) is 19.9. The Morgan fingerprint density at radius 1 is 1.05 bits per heavy atom. The first kappa shape index (κ1) is 41.0. The summed E-state index contributed by atoms with van der Waals surface area (Å²) < 4.78 is 18.8. The Morgan fingerprint density at radius 2 is 1.73 bits per heavy atom. The van der Waals surface area contributed by atoms with E-state index < -0.39 is 77.0 Å². The molecule has 3 aromatic rings. The van der Waals surface area contributed by atoms with Gasteiger partial charge < -0.3 is 34.4 Å². The molecular weight excluding hydrogens is 778 g/mol. The zero-order valence-electron chi connectivity index (χ0n) is 32.0. The van der Waals surface area contributed by atoms with E-state index in [-0.39, 0.29) is 31.9 Å². The number of nitrogens with zero attached hydrogens (tertiary/aromatic N) is 2. The Balaban J connectivity index is 1.44. The van der Waals surface area contributed by atoms with Crippen molar-refractivity contribution < 1.29 is 38.5 Å². The highest BCUT2D eigenvalue weighted by Crippen LogP contribution is 2.61. The summed E-state index contributed by atoms with van der Waals surface area (Å²) in [4.78, 5) is 61.0. The summed E-state index contributed by atoms with van der Waals surface area (Å²) in [5.74, 6) is -4.13. The van der Waals surface area contributed by atoms with Crippen LogP contribution in [0.4, 0.5) is 5.69 Å². The van der Waals surface area contributed by atoms with Gasteiger partial charge in [0.1, 0.15) is 17.7 Å². The third-order valence-corrected chi connectivity index (χ3v) is 12.0. The lowest BCUT2D eigenvalue weighted by Crippen LogP contribution is -2.57. The number of allylic oxidation sites excluding steroid dienone is 1. The lowest BCUT2D eigenvalue weighted by molar-refractivity contribution is -0.163. The van der Waals surface area contributed by atoms with Crippen molar-refractivity contribution in [2.24, 2.45) is 11.8 Å². The van der Waals surface area contributed by atoms with Gasteiger partial charge in [0.05, 0.1) is 43.2 Å². The Kier molecular flexibility index (Phi) is 12.9. The zero-order chi connectivity index (χ0) is 40.1. The first-order valence-electron chi connectivity index (χ1n) is 18.9. The van der Waals surface area contributed by atoms with E-state index in [1.807, 2.05) is 68.4 Å². The number of hydrogen-bond acceptors (Lipinski definition) is 8. The number of halogens is 1. The van der Waals surface area contributed by atoms with Gasteiger partial charge >= 0.3 is 5.97 Å². The number of aliphatic hydroxyl groups is 1. The van der Waals surface area contributed by atoms with Crippen LogP contribution in [0.2, 0.25) is 0 Å². The Labute approximate surface area is 336 Å². The second kappa shape index (κ2) is 17.7. The second-order valence-corrected chi connectivity index (χ2v) is 15.9. The number of rotatable bonds is 17. The summed E-state index contributed by atoms with van der Waals surface area (Å²) in [6, 6.07) is 21.0. The molecule has 296 valence electrons. The number of anilines is 1. The standard InChI is InChI=1S/C44H50BrN3O8/c1-6-8-19-35(50)46-32(26-54-5)38(30-17-13-10-14-18-30)55-43(53)36-37-41(51)48(34(25-49)29-15-11-9-12-16-29)40(44(37)24-31(45)39(36)56-44)42(52)47(22-7-2)33-23-27(3)20-21-28(33)4/h6-7,9-18,20-21,23,31-32,34,36-40,49H,1-2,8,19,22,24-26H2,3-5H3,(H,46,50)/t31?,32-,34-,36+,37-,38-,39+,40+,44-/m1/s1. The average molecular weight is 829 g/mol. The zero-order valence-corrected chi connectivity index (χ0v) is 33.6. The molecule has 56 heavy (non-hydrogen) atoms. The molecule has 2 N–H and O–H groups in total. The summed E-state index contributed by atoms with van der Waals surface area (Å²) in [6.07, 6.45) is 2.37. The molecule has 3 aromatic carbocycles. The van der Waals surface area contributed by atoms with Gasteiger partial charge in [-0.1, -0.05) is 101 Å². The van der Waals surface area contributed by atoms with Crippen molar-refractivity contribution in [2.45, 2.75) is 73.9 Å². The smallest absolute Gasteiger partial charge is 0.313 e. The van der Waals surface area contributed by atoms with Crippen LogP contribution in [0.15, 0.2) is 104 Å². The molecular formula is C44H50BrN3O8. The molecule has 0 saturated carbocycles. The largest absolute Gasteiger partial charge is 0.455 e. The molecule has 1 spiro atoms. The maximum absolute atomic E-state index is 15.3. The minimum Gasteiger partial charge on any atom is -0.455 e. The number of ether oxygens (including phenoxy) is 3. The number of alkyl halides is 1. The maximum atomic E-state index is 15.3. The minimum absolute atomic E-state index is 0.0295. The number of hydrogen-bond donors (Lipinski definition) is 2. The average Bonchev–Trinajstić information content (AvgIpc) is 3.80. The number of carbonyl (C=O) groups is 4. The number of aliphatic hydroxyl groups excluding tert-OH is 1. The topological polar surface area (TPSA) is 135 Å². The van der Waals surface area contributed by atoms with Gasteiger partial charge in [-0.25, -0.2) is 0 Å². The van der Waals surface area contributed by atoms with Crippen molar-refractivity contribution in [1.29, 1.82) is 0 Å². The van der Waals surface area contributed by atoms with Crippen LogP contribution in [0.25, 0.3) is 0 Å². The van der Waals surface area contributed by atoms with E-state index in [4.69, 9.17) is 14.2 Å². The van der Waals surface area contributed by atoms with E-state index in [1.165, 1.54) is 12.0 Å². The van der Waals surface area contributed by atoms with Crippen LogP contribution < -0.4 is 10.2 Å². The van der Waals surface area contributed by atoms with Gasteiger partial charge in [-0.2, -0.15) is 0 Å². The van der Waals surface area contributed by atoms with Gasteiger partial charge in [0, 0.05) is 30.6 Å². The highest BCUT2D eigenvalue weighted by molar-refractivity contribution is 9.09. The molecule has 9 atom stereocenters. The Hall–Kier alpha value is -4.62. The summed E-state index contributed by atoms with van der Waals surface area (Å²) in [7, 11) is 1.50. The molecule has 1 unspecified atom stereocenters. The van der Waals surface area contributed by atoms with Crippen molar-refractivity contribution in [3.8, 4) is 0 Å². The molecule has 3 amide bonds. The van der Waals surface area contributed by atoms with Crippen LogP contribution in [-0.4, -0.2) is 89.2 Å². The lowest BCUT2D eigenvalue weighted by atomic mass is 9.70. The number of likely N-dealkylation sites (tertiary alicyclic amines) is 1. The van der Waals surface area contributed by atoms with Gasteiger partial charge in [0.2, 0.25) is 11.8 Å². The molecule has 0 aromatic heterocycles. The Morgan fingerprint density at radius 3 is 2.36 bits per heavy atom. The number of fused-ring (bicyclic) bond motifs is 1. The predicted molar refractivity (Wildman–Crippen MR) is 216 cm³/mol. The fraction of sp³-hybridized carbons (Fsp3) is 0.409. The van der Waals surface area contributed by atoms with Crippen molar-refractivity contribution in [1.82, 2.24) is 10.2 Å². The molecule has 12 heteroatoms. The minimum atomic E-state index is -1.46. The summed E-state index contributed by atoms with van der Waals surface area (Å²) >= 11 is 3.77. The van der Waals surface area contributed by atoms with Crippen molar-refractivity contribution >= 4 is 45.3 Å². The van der Waals surface area contributed by atoms with Gasteiger partial charge in [0.25, 0.3) is 5.91 Å². The molecule has 3 fully saturated rings. The molecule has 3 saturated heterocycles. The first-order chi connectivity index (χ1) is 27.0. The highest BCUT2D eigenvalue weighted by atomic mass is 79.9.